The second-order valence-corrected chi connectivity index (χ2v) is 6.70. The maximum atomic E-state index is 14.1. The highest BCUT2D eigenvalue weighted by molar-refractivity contribution is 7.90. The van der Waals surface area contributed by atoms with Crippen LogP contribution in [0.1, 0.15) is 0 Å². The van der Waals surface area contributed by atoms with Crippen molar-refractivity contribution in [1.82, 2.24) is 8.96 Å². The van der Waals surface area contributed by atoms with Crippen molar-refractivity contribution in [2.24, 2.45) is 0 Å². The first kappa shape index (κ1) is 15.4. The predicted octanol–water partition coefficient (Wildman–Crippen LogP) is 2.97. The lowest BCUT2D eigenvalue weighted by atomic mass is 10.3. The van der Waals surface area contributed by atoms with Crippen LogP contribution < -0.4 is 0 Å². The molecule has 0 radical (unpaired) electrons. The van der Waals surface area contributed by atoms with Gasteiger partial charge < -0.3 is 0 Å². The summed E-state index contributed by atoms with van der Waals surface area (Å²) in [7, 11) is -4.11. The van der Waals surface area contributed by atoms with E-state index >= 15 is 0 Å². The van der Waals surface area contributed by atoms with Crippen molar-refractivity contribution in [3.8, 4) is 0 Å². The summed E-state index contributed by atoms with van der Waals surface area (Å²) in [6.45, 7) is 0. The van der Waals surface area contributed by atoms with E-state index in [4.69, 9.17) is 11.6 Å². The van der Waals surface area contributed by atoms with Crippen molar-refractivity contribution in [1.29, 1.82) is 0 Å². The Balaban J connectivity index is 2.33. The second-order valence-electron chi connectivity index (χ2n) is 4.50. The Morgan fingerprint density at radius 1 is 1.26 bits per heavy atom. The number of benzene rings is 1. The van der Waals surface area contributed by atoms with Gasteiger partial charge in [-0.25, -0.2) is 21.8 Å². The van der Waals surface area contributed by atoms with Crippen molar-refractivity contribution < 1.29 is 17.7 Å². The number of fused-ring (bicyclic) bond motifs is 1. The average molecular weight is 356 g/mol. The van der Waals surface area contributed by atoms with Gasteiger partial charge in [-0.2, -0.15) is 0 Å². The van der Waals surface area contributed by atoms with Crippen molar-refractivity contribution in [2.45, 2.75) is 4.90 Å². The van der Waals surface area contributed by atoms with Crippen LogP contribution in [0, 0.1) is 15.9 Å². The maximum Gasteiger partial charge on any atom is 0.306 e. The first-order valence-electron chi connectivity index (χ1n) is 6.14. The number of nitro groups is 1. The van der Waals surface area contributed by atoms with Crippen LogP contribution in [0.15, 0.2) is 47.6 Å². The van der Waals surface area contributed by atoms with Crippen LogP contribution in [-0.2, 0) is 10.0 Å². The van der Waals surface area contributed by atoms with Gasteiger partial charge in [0.05, 0.1) is 21.4 Å². The van der Waals surface area contributed by atoms with E-state index in [1.54, 1.807) is 6.07 Å². The van der Waals surface area contributed by atoms with Crippen molar-refractivity contribution in [3.05, 3.63) is 63.7 Å². The van der Waals surface area contributed by atoms with E-state index in [1.165, 1.54) is 24.3 Å². The molecule has 0 fully saturated rings. The molecule has 0 saturated carbocycles. The van der Waals surface area contributed by atoms with Crippen LogP contribution in [0.25, 0.3) is 11.0 Å². The number of rotatable bonds is 3. The molecule has 0 amide bonds. The van der Waals surface area contributed by atoms with E-state index in [1.807, 2.05) is 0 Å². The fourth-order valence-electron chi connectivity index (χ4n) is 2.09. The zero-order valence-corrected chi connectivity index (χ0v) is 12.8. The highest BCUT2D eigenvalue weighted by Gasteiger charge is 2.27. The van der Waals surface area contributed by atoms with Gasteiger partial charge in [0.25, 0.3) is 10.0 Å². The van der Waals surface area contributed by atoms with E-state index in [0.29, 0.717) is 10.2 Å². The predicted molar refractivity (Wildman–Crippen MR) is 80.4 cm³/mol. The van der Waals surface area contributed by atoms with Gasteiger partial charge in [0.15, 0.2) is 11.5 Å². The molecule has 0 spiro atoms. The van der Waals surface area contributed by atoms with Gasteiger partial charge in [-0.05, 0) is 12.1 Å². The zero-order chi connectivity index (χ0) is 16.8. The molecule has 3 aromatic rings. The van der Waals surface area contributed by atoms with Gasteiger partial charge in [0.1, 0.15) is 11.2 Å². The minimum atomic E-state index is -4.11. The zero-order valence-electron chi connectivity index (χ0n) is 11.2. The topological polar surface area (TPSA) is 95.1 Å². The highest BCUT2D eigenvalue weighted by Crippen LogP contribution is 2.34. The molecule has 0 bridgehead atoms. The average Bonchev–Trinajstić information content (AvgIpc) is 2.87. The normalized spacial score (nSPS) is 11.7. The Hall–Kier alpha value is -2.52. The molecule has 2 aromatic heterocycles. The number of hydrogen-bond donors (Lipinski definition) is 0. The summed E-state index contributed by atoms with van der Waals surface area (Å²) >= 11 is 5.82. The van der Waals surface area contributed by atoms with Crippen LogP contribution >= 0.6 is 11.6 Å². The van der Waals surface area contributed by atoms with Crippen LogP contribution in [0.3, 0.4) is 0 Å². The third-order valence-corrected chi connectivity index (χ3v) is 5.20. The van der Waals surface area contributed by atoms with Crippen molar-refractivity contribution >= 4 is 38.3 Å². The van der Waals surface area contributed by atoms with Crippen LogP contribution in [0.5, 0.6) is 0 Å². The van der Waals surface area contributed by atoms with Crippen LogP contribution in [-0.4, -0.2) is 22.3 Å². The Morgan fingerprint density at radius 2 is 1.91 bits per heavy atom. The van der Waals surface area contributed by atoms with Crippen molar-refractivity contribution in [2.75, 3.05) is 0 Å². The fourth-order valence-corrected chi connectivity index (χ4v) is 3.71. The van der Waals surface area contributed by atoms with Gasteiger partial charge in [0.2, 0.25) is 0 Å². The van der Waals surface area contributed by atoms with E-state index in [-0.39, 0.29) is 10.5 Å². The smallest absolute Gasteiger partial charge is 0.258 e. The summed E-state index contributed by atoms with van der Waals surface area (Å²) in [6, 6.07) is 7.34. The van der Waals surface area contributed by atoms with Crippen molar-refractivity contribution in [3.63, 3.8) is 0 Å². The largest absolute Gasteiger partial charge is 0.306 e. The maximum absolute atomic E-state index is 14.1. The molecule has 0 aliphatic heterocycles. The minimum Gasteiger partial charge on any atom is -0.258 e. The summed E-state index contributed by atoms with van der Waals surface area (Å²) in [6.07, 6.45) is 1.48. The summed E-state index contributed by atoms with van der Waals surface area (Å²) in [5.74, 6) is -1.01. The Labute approximate surface area is 134 Å². The van der Waals surface area contributed by atoms with E-state index < -0.39 is 36.9 Å². The summed E-state index contributed by atoms with van der Waals surface area (Å²) in [4.78, 5) is 13.6. The molecule has 118 valence electrons. The summed E-state index contributed by atoms with van der Waals surface area (Å²) in [5.41, 5.74) is -0.921. The quantitative estimate of drug-likeness (QED) is 0.531. The Kier molecular flexibility index (Phi) is 3.53. The first-order chi connectivity index (χ1) is 10.8. The highest BCUT2D eigenvalue weighted by atomic mass is 35.5. The fraction of sp³-hybridized carbons (Fsp3) is 0. The number of pyridine rings is 1. The van der Waals surface area contributed by atoms with Gasteiger partial charge in [0, 0.05) is 0 Å². The lowest BCUT2D eigenvalue weighted by Gasteiger charge is -2.06. The molecule has 10 heteroatoms. The molecule has 23 heavy (non-hydrogen) atoms. The van der Waals surface area contributed by atoms with Gasteiger partial charge in [-0.3, -0.25) is 10.1 Å². The van der Waals surface area contributed by atoms with Gasteiger partial charge in [-0.1, -0.05) is 29.8 Å². The molecule has 1 aromatic carbocycles. The molecular weight excluding hydrogens is 349 g/mol. The molecular formula is C13H7ClFN3O4S. The monoisotopic (exact) mass is 355 g/mol. The molecule has 0 aliphatic rings. The van der Waals surface area contributed by atoms with Gasteiger partial charge >= 0.3 is 5.69 Å². The van der Waals surface area contributed by atoms with E-state index in [9.17, 15) is 22.9 Å². The lowest BCUT2D eigenvalue weighted by Crippen LogP contribution is -2.12. The summed E-state index contributed by atoms with van der Waals surface area (Å²) < 4.78 is 39.9. The van der Waals surface area contributed by atoms with Crippen LogP contribution in [0.4, 0.5) is 10.1 Å². The third-order valence-electron chi connectivity index (χ3n) is 3.15. The first-order valence-corrected chi connectivity index (χ1v) is 7.96. The van der Waals surface area contributed by atoms with Crippen LogP contribution in [0.2, 0.25) is 5.02 Å². The molecule has 7 nitrogen and oxygen atoms in total. The molecule has 0 N–H and O–H groups in total. The Bertz CT molecular complexity index is 1030. The Morgan fingerprint density at radius 3 is 2.52 bits per heavy atom. The molecule has 0 saturated heterocycles. The molecule has 0 atom stereocenters. The standard InChI is InChI=1S/C13H7ClFN3O4S/c14-12-10(18(19)20)6-16-13-11(12)9(15)7-17(13)23(21,22)8-4-2-1-3-5-8/h1-7H. The number of nitrogens with zero attached hydrogens (tertiary/aromatic N) is 3. The van der Waals surface area contributed by atoms with Gasteiger partial charge in [-0.15, -0.1) is 0 Å². The molecule has 0 aliphatic carbocycles. The third kappa shape index (κ3) is 2.34. The second kappa shape index (κ2) is 5.28. The molecule has 3 rings (SSSR count). The summed E-state index contributed by atoms with van der Waals surface area (Å²) in [5, 5.41) is 9.92. The lowest BCUT2D eigenvalue weighted by molar-refractivity contribution is -0.384. The number of halogens is 2. The molecule has 0 unspecified atom stereocenters. The SMILES string of the molecule is O=[N+]([O-])c1cnc2c(c(F)cn2S(=O)(=O)c2ccccc2)c1Cl. The number of aromatic nitrogens is 2. The minimum absolute atomic E-state index is 0.0758. The van der Waals surface area contributed by atoms with E-state index in [0.717, 1.165) is 6.20 Å². The number of hydrogen-bond acceptors (Lipinski definition) is 5. The molecule has 2 heterocycles. The van der Waals surface area contributed by atoms with E-state index in [2.05, 4.69) is 4.98 Å².